The molecule has 0 aliphatic carbocycles. The third-order valence-electron chi connectivity index (χ3n) is 4.55. The summed E-state index contributed by atoms with van der Waals surface area (Å²) >= 11 is 3.92. The first-order chi connectivity index (χ1) is 14.6. The first-order valence-electron chi connectivity index (χ1n) is 9.68. The SMILES string of the molecule is CCc1ccc(C(=CCSc2ccc(OCC(=O)O)c(I)c2)c2ccccc2)cc1. The van der Waals surface area contributed by atoms with E-state index >= 15 is 0 Å². The van der Waals surface area contributed by atoms with Crippen molar-refractivity contribution in [2.75, 3.05) is 12.4 Å². The number of hydrogen-bond donors (Lipinski definition) is 1. The number of carboxylic acid groups (broad SMARTS) is 1. The monoisotopic (exact) mass is 530 g/mol. The predicted octanol–water partition coefficient (Wildman–Crippen LogP) is 6.54. The normalized spacial score (nSPS) is 11.3. The highest BCUT2D eigenvalue weighted by Crippen LogP contribution is 2.29. The summed E-state index contributed by atoms with van der Waals surface area (Å²) in [6.07, 6.45) is 3.30. The second-order valence-corrected chi connectivity index (χ2v) is 8.88. The van der Waals surface area contributed by atoms with E-state index < -0.39 is 5.97 Å². The van der Waals surface area contributed by atoms with Crippen LogP contribution in [-0.4, -0.2) is 23.4 Å². The summed E-state index contributed by atoms with van der Waals surface area (Å²) in [6.45, 7) is 1.83. The molecule has 0 heterocycles. The third-order valence-corrected chi connectivity index (χ3v) is 6.31. The van der Waals surface area contributed by atoms with Crippen molar-refractivity contribution in [2.24, 2.45) is 0 Å². The molecule has 0 unspecified atom stereocenters. The van der Waals surface area contributed by atoms with Crippen LogP contribution in [0.2, 0.25) is 0 Å². The van der Waals surface area contributed by atoms with E-state index in [0.29, 0.717) is 5.75 Å². The molecule has 0 saturated heterocycles. The first kappa shape index (κ1) is 22.4. The van der Waals surface area contributed by atoms with Gasteiger partial charge in [0.05, 0.1) is 3.57 Å². The quantitative estimate of drug-likeness (QED) is 0.252. The van der Waals surface area contributed by atoms with Crippen LogP contribution in [0.25, 0.3) is 5.57 Å². The molecule has 5 heteroatoms. The molecular formula is C25H23IO3S. The maximum atomic E-state index is 10.7. The van der Waals surface area contributed by atoms with Gasteiger partial charge in [0.1, 0.15) is 5.75 Å². The highest BCUT2D eigenvalue weighted by atomic mass is 127. The van der Waals surface area contributed by atoms with Crippen LogP contribution >= 0.6 is 34.4 Å². The van der Waals surface area contributed by atoms with Crippen molar-refractivity contribution in [1.29, 1.82) is 0 Å². The van der Waals surface area contributed by atoms with Crippen molar-refractivity contribution in [1.82, 2.24) is 0 Å². The fourth-order valence-corrected chi connectivity index (χ4v) is 4.68. The number of hydrogen-bond acceptors (Lipinski definition) is 3. The molecule has 3 aromatic carbocycles. The lowest BCUT2D eigenvalue weighted by Crippen LogP contribution is -2.10. The molecule has 0 amide bonds. The van der Waals surface area contributed by atoms with Crippen LogP contribution in [0.1, 0.15) is 23.6 Å². The van der Waals surface area contributed by atoms with Crippen LogP contribution in [-0.2, 0) is 11.2 Å². The maximum Gasteiger partial charge on any atom is 0.341 e. The van der Waals surface area contributed by atoms with Crippen LogP contribution in [0, 0.1) is 3.57 Å². The van der Waals surface area contributed by atoms with E-state index in [-0.39, 0.29) is 6.61 Å². The summed E-state index contributed by atoms with van der Waals surface area (Å²) in [5.41, 5.74) is 4.97. The largest absolute Gasteiger partial charge is 0.481 e. The lowest BCUT2D eigenvalue weighted by atomic mass is 9.96. The zero-order chi connectivity index (χ0) is 21.3. The second-order valence-electron chi connectivity index (χ2n) is 6.62. The van der Waals surface area contributed by atoms with Crippen LogP contribution in [0.4, 0.5) is 0 Å². The van der Waals surface area contributed by atoms with Gasteiger partial charge in [-0.05, 0) is 69.5 Å². The van der Waals surface area contributed by atoms with E-state index in [4.69, 9.17) is 9.84 Å². The number of ether oxygens (including phenoxy) is 1. The number of carbonyl (C=O) groups is 1. The van der Waals surface area contributed by atoms with Crippen molar-refractivity contribution < 1.29 is 14.6 Å². The molecule has 3 rings (SSSR count). The minimum Gasteiger partial charge on any atom is -0.481 e. The molecule has 0 bridgehead atoms. The number of rotatable bonds is 9. The Hall–Kier alpha value is -2.25. The summed E-state index contributed by atoms with van der Waals surface area (Å²) in [7, 11) is 0. The maximum absolute atomic E-state index is 10.7. The number of aryl methyl sites for hydroxylation is 1. The topological polar surface area (TPSA) is 46.5 Å². The summed E-state index contributed by atoms with van der Waals surface area (Å²) in [5, 5.41) is 8.77. The third kappa shape index (κ3) is 6.37. The van der Waals surface area contributed by atoms with Gasteiger partial charge >= 0.3 is 5.97 Å². The van der Waals surface area contributed by atoms with E-state index in [1.54, 1.807) is 11.8 Å². The Bertz CT molecular complexity index is 1010. The van der Waals surface area contributed by atoms with Gasteiger partial charge in [0, 0.05) is 10.6 Å². The number of carboxylic acids is 1. The number of thioether (sulfide) groups is 1. The van der Waals surface area contributed by atoms with Crippen molar-refractivity contribution >= 4 is 45.9 Å². The van der Waals surface area contributed by atoms with Crippen molar-refractivity contribution in [3.8, 4) is 5.75 Å². The fourth-order valence-electron chi connectivity index (χ4n) is 2.99. The van der Waals surface area contributed by atoms with Crippen LogP contribution in [0.5, 0.6) is 5.75 Å². The molecule has 0 aromatic heterocycles. The second kappa shape index (κ2) is 11.2. The van der Waals surface area contributed by atoms with E-state index in [1.807, 2.05) is 24.3 Å². The molecular weight excluding hydrogens is 507 g/mol. The minimum atomic E-state index is -0.977. The zero-order valence-corrected chi connectivity index (χ0v) is 19.7. The highest BCUT2D eigenvalue weighted by Gasteiger charge is 2.07. The van der Waals surface area contributed by atoms with Crippen LogP contribution < -0.4 is 4.74 Å². The Labute approximate surface area is 195 Å². The Kier molecular flexibility index (Phi) is 8.39. The predicted molar refractivity (Wildman–Crippen MR) is 132 cm³/mol. The number of halogens is 1. The molecule has 3 aromatic rings. The van der Waals surface area contributed by atoms with Gasteiger partial charge in [-0.2, -0.15) is 0 Å². The molecule has 30 heavy (non-hydrogen) atoms. The summed E-state index contributed by atoms with van der Waals surface area (Å²) in [5.74, 6) is 0.444. The van der Waals surface area contributed by atoms with Gasteiger partial charge in [0.15, 0.2) is 6.61 Å². The van der Waals surface area contributed by atoms with Crippen molar-refractivity contribution in [3.63, 3.8) is 0 Å². The fraction of sp³-hybridized carbons (Fsp3) is 0.160. The summed E-state index contributed by atoms with van der Waals surface area (Å²) < 4.78 is 6.21. The molecule has 0 spiro atoms. The molecule has 0 fully saturated rings. The average Bonchev–Trinajstić information content (AvgIpc) is 2.77. The summed E-state index contributed by atoms with van der Waals surface area (Å²) in [4.78, 5) is 11.8. The van der Waals surface area contributed by atoms with E-state index in [0.717, 1.165) is 20.6 Å². The van der Waals surface area contributed by atoms with E-state index in [9.17, 15) is 4.79 Å². The Morgan fingerprint density at radius 1 is 1.03 bits per heavy atom. The van der Waals surface area contributed by atoms with Crippen molar-refractivity contribution in [2.45, 2.75) is 18.2 Å². The van der Waals surface area contributed by atoms with E-state index in [2.05, 4.69) is 84.1 Å². The minimum absolute atomic E-state index is 0.331. The number of aliphatic carboxylic acids is 1. The van der Waals surface area contributed by atoms with Gasteiger partial charge in [-0.15, -0.1) is 11.8 Å². The smallest absolute Gasteiger partial charge is 0.341 e. The first-order valence-corrected chi connectivity index (χ1v) is 11.7. The Morgan fingerprint density at radius 3 is 2.37 bits per heavy atom. The van der Waals surface area contributed by atoms with Crippen LogP contribution in [0.3, 0.4) is 0 Å². The Morgan fingerprint density at radius 2 is 1.73 bits per heavy atom. The highest BCUT2D eigenvalue weighted by molar-refractivity contribution is 14.1. The van der Waals surface area contributed by atoms with Crippen molar-refractivity contribution in [3.05, 3.63) is 99.1 Å². The summed E-state index contributed by atoms with van der Waals surface area (Å²) in [6, 6.07) is 25.0. The lowest BCUT2D eigenvalue weighted by Gasteiger charge is -2.10. The van der Waals surface area contributed by atoms with E-state index in [1.165, 1.54) is 22.3 Å². The molecule has 154 valence electrons. The molecule has 0 atom stereocenters. The molecule has 0 aliphatic rings. The zero-order valence-electron chi connectivity index (χ0n) is 16.7. The average molecular weight is 530 g/mol. The molecule has 3 nitrogen and oxygen atoms in total. The van der Waals surface area contributed by atoms with Gasteiger partial charge in [-0.25, -0.2) is 4.79 Å². The standard InChI is InChI=1S/C25H23IO3S/c1-2-18-8-10-20(11-9-18)22(19-6-4-3-5-7-19)14-15-30-21-12-13-24(23(26)16-21)29-17-25(27)28/h3-14,16H,2,15,17H2,1H3,(H,27,28). The number of benzene rings is 3. The lowest BCUT2D eigenvalue weighted by molar-refractivity contribution is -0.139. The molecule has 1 N–H and O–H groups in total. The molecule has 0 saturated carbocycles. The van der Waals surface area contributed by atoms with Gasteiger partial charge in [-0.1, -0.05) is 67.6 Å². The van der Waals surface area contributed by atoms with Gasteiger partial charge < -0.3 is 9.84 Å². The molecule has 0 aliphatic heterocycles. The van der Waals surface area contributed by atoms with Gasteiger partial charge in [0.25, 0.3) is 0 Å². The van der Waals surface area contributed by atoms with Crippen LogP contribution in [0.15, 0.2) is 83.8 Å². The Balaban J connectivity index is 1.76. The molecule has 0 radical (unpaired) electrons. The van der Waals surface area contributed by atoms with Gasteiger partial charge in [-0.3, -0.25) is 0 Å². The van der Waals surface area contributed by atoms with Gasteiger partial charge in [0.2, 0.25) is 0 Å².